The zero-order chi connectivity index (χ0) is 15.5. The van der Waals surface area contributed by atoms with Gasteiger partial charge in [-0.05, 0) is 51.4 Å². The van der Waals surface area contributed by atoms with Gasteiger partial charge in [0.1, 0.15) is 0 Å². The Hall–Kier alpha value is -0.910. The number of hydrogen-bond donors (Lipinski definition) is 1. The van der Waals surface area contributed by atoms with Crippen molar-refractivity contribution in [2.75, 3.05) is 13.6 Å². The number of nitrogens with one attached hydrogen (secondary N) is 1. The van der Waals surface area contributed by atoms with Crippen LogP contribution in [0.5, 0.6) is 0 Å². The first-order valence-electron chi connectivity index (χ1n) is 7.76. The van der Waals surface area contributed by atoms with Crippen LogP contribution >= 0.6 is 0 Å². The van der Waals surface area contributed by atoms with Gasteiger partial charge < -0.3 is 5.32 Å². The molecule has 1 aliphatic rings. The van der Waals surface area contributed by atoms with Crippen LogP contribution in [0.2, 0.25) is 0 Å². The van der Waals surface area contributed by atoms with Crippen LogP contribution in [0.25, 0.3) is 0 Å². The minimum atomic E-state index is -3.39. The van der Waals surface area contributed by atoms with Crippen LogP contribution in [0.3, 0.4) is 0 Å². The Labute approximate surface area is 128 Å². The fourth-order valence-corrected chi connectivity index (χ4v) is 4.61. The van der Waals surface area contributed by atoms with Gasteiger partial charge in [-0.15, -0.1) is 0 Å². The van der Waals surface area contributed by atoms with Crippen molar-refractivity contribution in [1.29, 1.82) is 0 Å². The average Bonchev–Trinajstić information content (AvgIpc) is 2.71. The SMILES string of the molecule is CNC(C)c1cccc(S(=O)(=O)N2CCCCCC2C)c1. The lowest BCUT2D eigenvalue weighted by Gasteiger charge is -2.26. The molecule has 0 saturated carbocycles. The molecule has 2 rings (SSSR count). The van der Waals surface area contributed by atoms with Gasteiger partial charge in [0.2, 0.25) is 10.0 Å². The topological polar surface area (TPSA) is 49.4 Å². The molecule has 1 N–H and O–H groups in total. The predicted molar refractivity (Wildman–Crippen MR) is 85.7 cm³/mol. The molecule has 1 aromatic rings. The van der Waals surface area contributed by atoms with Crippen molar-refractivity contribution >= 4 is 10.0 Å². The van der Waals surface area contributed by atoms with Gasteiger partial charge in [0.05, 0.1) is 4.90 Å². The summed E-state index contributed by atoms with van der Waals surface area (Å²) < 4.78 is 27.5. The first kappa shape index (κ1) is 16.5. The number of rotatable bonds is 4. The Morgan fingerprint density at radius 3 is 2.76 bits per heavy atom. The van der Waals surface area contributed by atoms with Crippen LogP contribution in [0.1, 0.15) is 51.1 Å². The third-order valence-electron chi connectivity index (χ3n) is 4.39. The van der Waals surface area contributed by atoms with Gasteiger partial charge in [0.15, 0.2) is 0 Å². The summed E-state index contributed by atoms with van der Waals surface area (Å²) in [7, 11) is -1.52. The van der Waals surface area contributed by atoms with Crippen molar-refractivity contribution in [3.63, 3.8) is 0 Å². The highest BCUT2D eigenvalue weighted by molar-refractivity contribution is 7.89. The maximum absolute atomic E-state index is 12.9. The number of sulfonamides is 1. The van der Waals surface area contributed by atoms with Crippen molar-refractivity contribution in [1.82, 2.24) is 9.62 Å². The van der Waals surface area contributed by atoms with Crippen molar-refractivity contribution in [3.8, 4) is 0 Å². The highest BCUT2D eigenvalue weighted by Gasteiger charge is 2.30. The van der Waals surface area contributed by atoms with Crippen molar-refractivity contribution in [3.05, 3.63) is 29.8 Å². The van der Waals surface area contributed by atoms with Crippen LogP contribution in [0, 0.1) is 0 Å². The maximum atomic E-state index is 12.9. The van der Waals surface area contributed by atoms with E-state index in [0.717, 1.165) is 31.2 Å². The van der Waals surface area contributed by atoms with E-state index < -0.39 is 10.0 Å². The highest BCUT2D eigenvalue weighted by Crippen LogP contribution is 2.26. The van der Waals surface area contributed by atoms with Gasteiger partial charge in [0, 0.05) is 18.6 Å². The zero-order valence-corrected chi connectivity index (χ0v) is 14.0. The molecule has 0 spiro atoms. The molecule has 0 amide bonds. The second-order valence-corrected chi connectivity index (χ2v) is 7.79. The molecular formula is C16H26N2O2S. The van der Waals surface area contributed by atoms with Crippen LogP contribution in [0.15, 0.2) is 29.2 Å². The monoisotopic (exact) mass is 310 g/mol. The molecule has 1 aliphatic heterocycles. The molecule has 118 valence electrons. The molecule has 0 aromatic heterocycles. The normalized spacial score (nSPS) is 22.7. The quantitative estimate of drug-likeness (QED) is 0.930. The minimum absolute atomic E-state index is 0.0860. The first-order valence-corrected chi connectivity index (χ1v) is 9.20. The van der Waals surface area contributed by atoms with E-state index in [0.29, 0.717) is 11.4 Å². The molecule has 0 radical (unpaired) electrons. The van der Waals surface area contributed by atoms with Crippen molar-refractivity contribution in [2.45, 2.75) is 56.5 Å². The highest BCUT2D eigenvalue weighted by atomic mass is 32.2. The van der Waals surface area contributed by atoms with Gasteiger partial charge in [-0.1, -0.05) is 25.0 Å². The third-order valence-corrected chi connectivity index (χ3v) is 6.40. The molecule has 0 bridgehead atoms. The number of hydrogen-bond acceptors (Lipinski definition) is 3. The van der Waals surface area contributed by atoms with E-state index in [2.05, 4.69) is 5.32 Å². The van der Waals surface area contributed by atoms with Gasteiger partial charge in [-0.2, -0.15) is 4.31 Å². The van der Waals surface area contributed by atoms with Crippen molar-refractivity contribution in [2.24, 2.45) is 0 Å². The van der Waals surface area contributed by atoms with Crippen LogP contribution in [0.4, 0.5) is 0 Å². The second kappa shape index (κ2) is 6.90. The van der Waals surface area contributed by atoms with Gasteiger partial charge in [-0.3, -0.25) is 0 Å². The van der Waals surface area contributed by atoms with E-state index in [1.54, 1.807) is 16.4 Å². The lowest BCUT2D eigenvalue weighted by atomic mass is 10.1. The maximum Gasteiger partial charge on any atom is 0.243 e. The van der Waals surface area contributed by atoms with Crippen LogP contribution < -0.4 is 5.32 Å². The largest absolute Gasteiger partial charge is 0.313 e. The average molecular weight is 310 g/mol. The summed E-state index contributed by atoms with van der Waals surface area (Å²) in [6.45, 7) is 4.68. The Bertz CT molecular complexity index is 571. The van der Waals surface area contributed by atoms with Crippen LogP contribution in [-0.2, 0) is 10.0 Å². The zero-order valence-electron chi connectivity index (χ0n) is 13.2. The summed E-state index contributed by atoms with van der Waals surface area (Å²) >= 11 is 0. The predicted octanol–water partition coefficient (Wildman–Crippen LogP) is 2.92. The summed E-state index contributed by atoms with van der Waals surface area (Å²) in [6.07, 6.45) is 4.14. The number of nitrogens with zero attached hydrogens (tertiary/aromatic N) is 1. The standard InChI is InChI=1S/C16H26N2O2S/c1-13-8-5-4-6-11-18(13)21(19,20)16-10-7-9-15(12-16)14(2)17-3/h7,9-10,12-14,17H,4-6,8,11H2,1-3H3. The Morgan fingerprint density at radius 1 is 1.29 bits per heavy atom. The third kappa shape index (κ3) is 3.65. The van der Waals surface area contributed by atoms with E-state index in [-0.39, 0.29) is 12.1 Å². The molecule has 1 heterocycles. The van der Waals surface area contributed by atoms with Crippen LogP contribution in [-0.4, -0.2) is 32.4 Å². The minimum Gasteiger partial charge on any atom is -0.313 e. The molecule has 2 unspecified atom stereocenters. The molecule has 21 heavy (non-hydrogen) atoms. The molecule has 2 atom stereocenters. The summed E-state index contributed by atoms with van der Waals surface area (Å²) in [5.74, 6) is 0. The van der Waals surface area contributed by atoms with E-state index in [1.165, 1.54) is 0 Å². The Balaban J connectivity index is 2.34. The van der Waals surface area contributed by atoms with E-state index in [4.69, 9.17) is 0 Å². The molecular weight excluding hydrogens is 284 g/mol. The summed E-state index contributed by atoms with van der Waals surface area (Å²) in [5, 5.41) is 3.15. The lowest BCUT2D eigenvalue weighted by Crippen LogP contribution is -2.38. The molecule has 5 heteroatoms. The van der Waals surface area contributed by atoms with Gasteiger partial charge >= 0.3 is 0 Å². The summed E-state index contributed by atoms with van der Waals surface area (Å²) in [5.41, 5.74) is 1.00. The molecule has 1 saturated heterocycles. The first-order chi connectivity index (χ1) is 9.96. The smallest absolute Gasteiger partial charge is 0.243 e. The fraction of sp³-hybridized carbons (Fsp3) is 0.625. The lowest BCUT2D eigenvalue weighted by molar-refractivity contribution is 0.342. The van der Waals surface area contributed by atoms with Gasteiger partial charge in [0.25, 0.3) is 0 Å². The Kier molecular flexibility index (Phi) is 5.41. The van der Waals surface area contributed by atoms with Crippen molar-refractivity contribution < 1.29 is 8.42 Å². The Morgan fingerprint density at radius 2 is 2.05 bits per heavy atom. The number of benzene rings is 1. The summed E-state index contributed by atoms with van der Waals surface area (Å²) in [6, 6.07) is 7.53. The molecule has 1 aromatic carbocycles. The van der Waals surface area contributed by atoms with E-state index >= 15 is 0 Å². The molecule has 4 nitrogen and oxygen atoms in total. The summed E-state index contributed by atoms with van der Waals surface area (Å²) in [4.78, 5) is 0.413. The second-order valence-electron chi connectivity index (χ2n) is 5.90. The van der Waals surface area contributed by atoms with E-state index in [9.17, 15) is 8.42 Å². The molecule has 1 fully saturated rings. The fourth-order valence-electron chi connectivity index (χ4n) is 2.85. The molecule has 0 aliphatic carbocycles. The van der Waals surface area contributed by atoms with E-state index in [1.807, 2.05) is 33.0 Å². The van der Waals surface area contributed by atoms with Gasteiger partial charge in [-0.25, -0.2) is 8.42 Å².